The van der Waals surface area contributed by atoms with Gasteiger partial charge in [-0.25, -0.2) is 4.39 Å². The molecular formula is C10H10FI. The summed E-state index contributed by atoms with van der Waals surface area (Å²) < 4.78 is 13.7. The summed E-state index contributed by atoms with van der Waals surface area (Å²) >= 11 is 1.98. The topological polar surface area (TPSA) is 0 Å². The number of benzene rings is 1. The molecule has 1 rings (SSSR count). The third-order valence-electron chi connectivity index (χ3n) is 1.82. The fraction of sp³-hybridized carbons (Fsp3) is 0.200. The molecule has 0 spiro atoms. The molecule has 0 aliphatic heterocycles. The molecular weight excluding hydrogens is 266 g/mol. The summed E-state index contributed by atoms with van der Waals surface area (Å²) in [6.45, 7) is 5.66. The van der Waals surface area contributed by atoms with E-state index >= 15 is 0 Å². The molecule has 0 saturated carbocycles. The maximum atomic E-state index is 13.0. The van der Waals surface area contributed by atoms with E-state index in [1.165, 1.54) is 0 Å². The van der Waals surface area contributed by atoms with E-state index in [1.807, 2.05) is 41.7 Å². The maximum absolute atomic E-state index is 13.0. The summed E-state index contributed by atoms with van der Waals surface area (Å²) in [5.74, 6) is 0.0679. The van der Waals surface area contributed by atoms with Crippen LogP contribution >= 0.6 is 22.6 Å². The first kappa shape index (κ1) is 9.71. The van der Waals surface area contributed by atoms with Crippen LogP contribution in [0.1, 0.15) is 18.4 Å². The Morgan fingerprint density at radius 3 is 2.75 bits per heavy atom. The van der Waals surface area contributed by atoms with Crippen molar-refractivity contribution in [2.45, 2.75) is 12.8 Å². The lowest BCUT2D eigenvalue weighted by molar-refractivity contribution is 0.617. The Labute approximate surface area is 85.6 Å². The van der Waals surface area contributed by atoms with Crippen molar-refractivity contribution >= 4 is 22.6 Å². The highest BCUT2D eigenvalue weighted by Crippen LogP contribution is 2.19. The average Bonchev–Trinajstić information content (AvgIpc) is 2.08. The molecule has 0 N–H and O–H groups in total. The molecule has 0 nitrogen and oxygen atoms in total. The van der Waals surface area contributed by atoms with Gasteiger partial charge in [0.15, 0.2) is 0 Å². The molecule has 64 valence electrons. The fourth-order valence-electron chi connectivity index (χ4n) is 0.932. The van der Waals surface area contributed by atoms with Crippen molar-refractivity contribution in [3.63, 3.8) is 0 Å². The third kappa shape index (κ3) is 2.06. The second kappa shape index (κ2) is 4.03. The SMILES string of the molecule is C=CC(C)c1ccc(I)c(F)c1. The zero-order chi connectivity index (χ0) is 9.14. The first-order chi connectivity index (χ1) is 5.65. The van der Waals surface area contributed by atoms with E-state index in [0.717, 1.165) is 5.56 Å². The zero-order valence-electron chi connectivity index (χ0n) is 6.85. The summed E-state index contributed by atoms with van der Waals surface area (Å²) in [5, 5.41) is 0. The third-order valence-corrected chi connectivity index (χ3v) is 2.70. The lowest BCUT2D eigenvalue weighted by Gasteiger charge is -2.06. The van der Waals surface area contributed by atoms with Crippen molar-refractivity contribution in [2.24, 2.45) is 0 Å². The maximum Gasteiger partial charge on any atom is 0.136 e. The van der Waals surface area contributed by atoms with Gasteiger partial charge in [-0.15, -0.1) is 6.58 Å². The van der Waals surface area contributed by atoms with Crippen LogP contribution in [-0.2, 0) is 0 Å². The Balaban J connectivity index is 3.04. The molecule has 1 atom stereocenters. The number of hydrogen-bond donors (Lipinski definition) is 0. The van der Waals surface area contributed by atoms with Gasteiger partial charge in [0.2, 0.25) is 0 Å². The van der Waals surface area contributed by atoms with Gasteiger partial charge in [0, 0.05) is 3.57 Å². The van der Waals surface area contributed by atoms with Gasteiger partial charge in [0.05, 0.1) is 0 Å². The van der Waals surface area contributed by atoms with Gasteiger partial charge < -0.3 is 0 Å². The minimum atomic E-state index is -0.151. The van der Waals surface area contributed by atoms with Gasteiger partial charge in [-0.2, -0.15) is 0 Å². The lowest BCUT2D eigenvalue weighted by atomic mass is 10.0. The largest absolute Gasteiger partial charge is 0.206 e. The van der Waals surface area contributed by atoms with E-state index in [9.17, 15) is 4.39 Å². The second-order valence-electron chi connectivity index (χ2n) is 2.70. The number of hydrogen-bond acceptors (Lipinski definition) is 0. The highest BCUT2D eigenvalue weighted by atomic mass is 127. The van der Waals surface area contributed by atoms with E-state index in [1.54, 1.807) is 12.1 Å². The Kier molecular flexibility index (Phi) is 3.26. The zero-order valence-corrected chi connectivity index (χ0v) is 9.01. The van der Waals surface area contributed by atoms with Gasteiger partial charge in [-0.3, -0.25) is 0 Å². The minimum absolute atomic E-state index is 0.151. The minimum Gasteiger partial charge on any atom is -0.206 e. The average molecular weight is 276 g/mol. The number of halogens is 2. The molecule has 12 heavy (non-hydrogen) atoms. The molecule has 1 aromatic rings. The van der Waals surface area contributed by atoms with Crippen LogP contribution in [0.2, 0.25) is 0 Å². The smallest absolute Gasteiger partial charge is 0.136 e. The molecule has 0 aliphatic carbocycles. The summed E-state index contributed by atoms with van der Waals surface area (Å²) in [7, 11) is 0. The monoisotopic (exact) mass is 276 g/mol. The summed E-state index contributed by atoms with van der Waals surface area (Å²) in [6.07, 6.45) is 1.81. The van der Waals surface area contributed by atoms with Crippen LogP contribution in [0.3, 0.4) is 0 Å². The molecule has 0 bridgehead atoms. The Hall–Kier alpha value is -0.380. The van der Waals surface area contributed by atoms with Crippen LogP contribution in [-0.4, -0.2) is 0 Å². The normalized spacial score (nSPS) is 12.6. The van der Waals surface area contributed by atoms with Gasteiger partial charge in [-0.1, -0.05) is 19.1 Å². The Bertz CT molecular complexity index is 294. The van der Waals surface area contributed by atoms with Crippen molar-refractivity contribution in [3.8, 4) is 0 Å². The van der Waals surface area contributed by atoms with Crippen LogP contribution in [0.15, 0.2) is 30.9 Å². The number of allylic oxidation sites excluding steroid dienone is 1. The quantitative estimate of drug-likeness (QED) is 0.570. The molecule has 0 heterocycles. The van der Waals surface area contributed by atoms with Gasteiger partial charge >= 0.3 is 0 Å². The molecule has 0 amide bonds. The highest BCUT2D eigenvalue weighted by molar-refractivity contribution is 14.1. The standard InChI is InChI=1S/C10H10FI/c1-3-7(2)8-4-5-10(12)9(11)6-8/h3-7H,1H2,2H3. The summed E-state index contributed by atoms with van der Waals surface area (Å²) in [5.41, 5.74) is 0.975. The van der Waals surface area contributed by atoms with Crippen molar-refractivity contribution in [2.75, 3.05) is 0 Å². The van der Waals surface area contributed by atoms with E-state index in [2.05, 4.69) is 6.58 Å². The van der Waals surface area contributed by atoms with Crippen LogP contribution in [0, 0.1) is 9.39 Å². The van der Waals surface area contributed by atoms with E-state index in [4.69, 9.17) is 0 Å². The predicted octanol–water partition coefficient (Wildman–Crippen LogP) is 3.72. The van der Waals surface area contributed by atoms with Gasteiger partial charge in [0.25, 0.3) is 0 Å². The first-order valence-electron chi connectivity index (χ1n) is 3.72. The molecule has 0 saturated heterocycles. The van der Waals surface area contributed by atoms with E-state index in [-0.39, 0.29) is 11.7 Å². The molecule has 0 aromatic heterocycles. The van der Waals surface area contributed by atoms with Crippen molar-refractivity contribution in [1.82, 2.24) is 0 Å². The Morgan fingerprint density at radius 1 is 1.58 bits per heavy atom. The molecule has 1 aromatic carbocycles. The lowest BCUT2D eigenvalue weighted by Crippen LogP contribution is -1.91. The van der Waals surface area contributed by atoms with Gasteiger partial charge in [0.1, 0.15) is 5.82 Å². The van der Waals surface area contributed by atoms with E-state index in [0.29, 0.717) is 3.57 Å². The summed E-state index contributed by atoms with van der Waals surface area (Å²) in [6, 6.07) is 5.27. The van der Waals surface area contributed by atoms with Crippen molar-refractivity contribution < 1.29 is 4.39 Å². The molecule has 2 heteroatoms. The van der Waals surface area contributed by atoms with Crippen LogP contribution in [0.5, 0.6) is 0 Å². The van der Waals surface area contributed by atoms with Gasteiger partial charge in [-0.05, 0) is 46.2 Å². The van der Waals surface area contributed by atoms with Crippen LogP contribution in [0.25, 0.3) is 0 Å². The van der Waals surface area contributed by atoms with Crippen molar-refractivity contribution in [3.05, 3.63) is 45.8 Å². The molecule has 0 fully saturated rings. The molecule has 0 radical (unpaired) electrons. The molecule has 0 aliphatic rings. The van der Waals surface area contributed by atoms with E-state index < -0.39 is 0 Å². The highest BCUT2D eigenvalue weighted by Gasteiger charge is 2.04. The first-order valence-corrected chi connectivity index (χ1v) is 4.80. The van der Waals surface area contributed by atoms with Crippen molar-refractivity contribution in [1.29, 1.82) is 0 Å². The van der Waals surface area contributed by atoms with Crippen LogP contribution in [0.4, 0.5) is 4.39 Å². The summed E-state index contributed by atoms with van der Waals surface area (Å²) in [4.78, 5) is 0. The van der Waals surface area contributed by atoms with Crippen LogP contribution < -0.4 is 0 Å². The predicted molar refractivity (Wildman–Crippen MR) is 57.7 cm³/mol. The fourth-order valence-corrected chi connectivity index (χ4v) is 1.27. The Morgan fingerprint density at radius 2 is 2.25 bits per heavy atom. The second-order valence-corrected chi connectivity index (χ2v) is 3.86. The molecule has 1 unspecified atom stereocenters. The number of rotatable bonds is 2.